The first kappa shape index (κ1) is 14.5. The molecule has 4 heteroatoms. The first-order chi connectivity index (χ1) is 9.54. The van der Waals surface area contributed by atoms with Crippen molar-refractivity contribution in [2.45, 2.75) is 13.5 Å². The number of benzene rings is 2. The molecule has 0 aliphatic rings. The zero-order chi connectivity index (χ0) is 14.5. The van der Waals surface area contributed by atoms with Crippen molar-refractivity contribution in [2.24, 2.45) is 0 Å². The molecule has 1 N–H and O–H groups in total. The Morgan fingerprint density at radius 1 is 1.10 bits per heavy atom. The Labute approximate surface area is 124 Å². The third-order valence-electron chi connectivity index (χ3n) is 2.98. The molecule has 0 bridgehead atoms. The van der Waals surface area contributed by atoms with Crippen molar-refractivity contribution in [3.05, 3.63) is 65.5 Å². The lowest BCUT2D eigenvalue weighted by Crippen LogP contribution is -2.30. The predicted molar refractivity (Wildman–Crippen MR) is 85.3 cm³/mol. The quantitative estimate of drug-likeness (QED) is 0.861. The van der Waals surface area contributed by atoms with E-state index in [2.05, 4.69) is 36.5 Å². The zero-order valence-electron chi connectivity index (χ0n) is 11.6. The Morgan fingerprint density at radius 2 is 1.70 bits per heavy atom. The van der Waals surface area contributed by atoms with E-state index in [9.17, 15) is 4.39 Å². The van der Waals surface area contributed by atoms with Crippen LogP contribution in [-0.4, -0.2) is 17.1 Å². The molecule has 0 amide bonds. The number of hydrogen-bond acceptors (Lipinski definition) is 1. The summed E-state index contributed by atoms with van der Waals surface area (Å²) < 4.78 is 12.8. The molecule has 0 heterocycles. The summed E-state index contributed by atoms with van der Waals surface area (Å²) in [5.41, 5.74) is 3.22. The minimum Gasteiger partial charge on any atom is -0.348 e. The van der Waals surface area contributed by atoms with E-state index in [1.165, 1.54) is 23.3 Å². The fourth-order valence-corrected chi connectivity index (χ4v) is 1.97. The smallest absolute Gasteiger partial charge is 0.173 e. The Balaban J connectivity index is 1.94. The van der Waals surface area contributed by atoms with Crippen LogP contribution < -0.4 is 5.32 Å². The van der Waals surface area contributed by atoms with E-state index in [-0.39, 0.29) is 5.82 Å². The largest absolute Gasteiger partial charge is 0.348 e. The van der Waals surface area contributed by atoms with E-state index in [4.69, 9.17) is 12.2 Å². The Morgan fingerprint density at radius 3 is 2.30 bits per heavy atom. The maximum Gasteiger partial charge on any atom is 0.173 e. The second-order valence-corrected chi connectivity index (χ2v) is 5.17. The van der Waals surface area contributed by atoms with Gasteiger partial charge in [-0.1, -0.05) is 29.8 Å². The highest BCUT2D eigenvalue weighted by molar-refractivity contribution is 7.80. The fraction of sp³-hybridized carbons (Fsp3) is 0.188. The maximum atomic E-state index is 12.8. The standard InChI is InChI=1S/C16H17FN2S/c1-12-3-5-13(6-4-12)11-19(2)16(20)18-15-9-7-14(17)8-10-15/h3-10H,11H2,1-2H3,(H,18,20). The zero-order valence-corrected chi connectivity index (χ0v) is 12.4. The number of anilines is 1. The maximum absolute atomic E-state index is 12.8. The van der Waals surface area contributed by atoms with Gasteiger partial charge >= 0.3 is 0 Å². The van der Waals surface area contributed by atoms with E-state index >= 15 is 0 Å². The van der Waals surface area contributed by atoms with Crippen molar-refractivity contribution in [3.8, 4) is 0 Å². The molecule has 2 rings (SSSR count). The molecule has 0 fully saturated rings. The molecule has 2 aromatic carbocycles. The van der Waals surface area contributed by atoms with Crippen molar-refractivity contribution in [1.29, 1.82) is 0 Å². The molecular weight excluding hydrogens is 271 g/mol. The van der Waals surface area contributed by atoms with Crippen molar-refractivity contribution in [1.82, 2.24) is 4.90 Å². The van der Waals surface area contributed by atoms with Gasteiger partial charge in [-0.15, -0.1) is 0 Å². The topological polar surface area (TPSA) is 15.3 Å². The summed E-state index contributed by atoms with van der Waals surface area (Å²) in [4.78, 5) is 1.95. The third kappa shape index (κ3) is 4.03. The number of nitrogens with one attached hydrogen (secondary N) is 1. The van der Waals surface area contributed by atoms with Crippen LogP contribution in [0.5, 0.6) is 0 Å². The van der Waals surface area contributed by atoms with E-state index in [0.717, 1.165) is 12.2 Å². The normalized spacial score (nSPS) is 10.2. The second-order valence-electron chi connectivity index (χ2n) is 4.78. The minimum absolute atomic E-state index is 0.255. The molecule has 0 saturated heterocycles. The molecule has 0 spiro atoms. The van der Waals surface area contributed by atoms with Crippen LogP contribution in [0.2, 0.25) is 0 Å². The van der Waals surface area contributed by atoms with Crippen LogP contribution in [0.1, 0.15) is 11.1 Å². The van der Waals surface area contributed by atoms with Crippen LogP contribution in [0, 0.1) is 12.7 Å². The molecule has 2 aromatic rings. The summed E-state index contributed by atoms with van der Waals surface area (Å²) in [5, 5.41) is 3.70. The Kier molecular flexibility index (Phi) is 4.69. The highest BCUT2D eigenvalue weighted by Crippen LogP contribution is 2.11. The summed E-state index contributed by atoms with van der Waals surface area (Å²) in [6, 6.07) is 14.5. The SMILES string of the molecule is Cc1ccc(CN(C)C(=S)Nc2ccc(F)cc2)cc1. The molecule has 0 aliphatic carbocycles. The summed E-state index contributed by atoms with van der Waals surface area (Å²) in [6.07, 6.45) is 0. The van der Waals surface area contributed by atoms with Crippen molar-refractivity contribution in [2.75, 3.05) is 12.4 Å². The minimum atomic E-state index is -0.255. The van der Waals surface area contributed by atoms with E-state index in [1.54, 1.807) is 12.1 Å². The summed E-state index contributed by atoms with van der Waals surface area (Å²) in [6.45, 7) is 2.79. The molecular formula is C16H17FN2S. The van der Waals surface area contributed by atoms with Crippen LogP contribution in [0.4, 0.5) is 10.1 Å². The number of halogens is 1. The van der Waals surface area contributed by atoms with Gasteiger partial charge in [0, 0.05) is 19.3 Å². The molecule has 0 atom stereocenters. The van der Waals surface area contributed by atoms with Gasteiger partial charge in [-0.2, -0.15) is 0 Å². The van der Waals surface area contributed by atoms with Gasteiger partial charge in [0.2, 0.25) is 0 Å². The van der Waals surface area contributed by atoms with Gasteiger partial charge in [-0.05, 0) is 49.0 Å². The third-order valence-corrected chi connectivity index (χ3v) is 3.40. The van der Waals surface area contributed by atoms with Gasteiger partial charge in [0.15, 0.2) is 5.11 Å². The lowest BCUT2D eigenvalue weighted by atomic mass is 10.1. The average Bonchev–Trinajstić information content (AvgIpc) is 2.44. The number of hydrogen-bond donors (Lipinski definition) is 1. The van der Waals surface area contributed by atoms with Crippen LogP contribution in [-0.2, 0) is 6.54 Å². The molecule has 0 unspecified atom stereocenters. The number of thiocarbonyl (C=S) groups is 1. The average molecular weight is 288 g/mol. The summed E-state index contributed by atoms with van der Waals surface area (Å²) in [5.74, 6) is -0.255. The van der Waals surface area contributed by atoms with E-state index < -0.39 is 0 Å². The number of rotatable bonds is 3. The van der Waals surface area contributed by atoms with Gasteiger partial charge in [0.25, 0.3) is 0 Å². The lowest BCUT2D eigenvalue weighted by molar-refractivity contribution is 0.508. The van der Waals surface area contributed by atoms with Crippen LogP contribution in [0.25, 0.3) is 0 Å². The molecule has 0 radical (unpaired) electrons. The van der Waals surface area contributed by atoms with Crippen molar-refractivity contribution in [3.63, 3.8) is 0 Å². The number of nitrogens with zero attached hydrogens (tertiary/aromatic N) is 1. The molecule has 2 nitrogen and oxygen atoms in total. The van der Waals surface area contributed by atoms with Crippen LogP contribution in [0.15, 0.2) is 48.5 Å². The van der Waals surface area contributed by atoms with Crippen molar-refractivity contribution < 1.29 is 4.39 Å². The first-order valence-corrected chi connectivity index (χ1v) is 6.78. The van der Waals surface area contributed by atoms with Gasteiger partial charge in [-0.25, -0.2) is 4.39 Å². The Bertz CT molecular complexity index is 578. The molecule has 0 saturated carbocycles. The number of aryl methyl sites for hydroxylation is 1. The Hall–Kier alpha value is -1.94. The van der Waals surface area contributed by atoms with Crippen LogP contribution >= 0.6 is 12.2 Å². The summed E-state index contributed by atoms with van der Waals surface area (Å²) >= 11 is 5.34. The molecule has 0 aromatic heterocycles. The van der Waals surface area contributed by atoms with E-state index in [0.29, 0.717) is 5.11 Å². The molecule has 0 aliphatic heterocycles. The van der Waals surface area contributed by atoms with E-state index in [1.807, 2.05) is 11.9 Å². The predicted octanol–water partition coefficient (Wildman–Crippen LogP) is 3.96. The molecule has 20 heavy (non-hydrogen) atoms. The van der Waals surface area contributed by atoms with Crippen LogP contribution in [0.3, 0.4) is 0 Å². The highest BCUT2D eigenvalue weighted by Gasteiger charge is 2.05. The van der Waals surface area contributed by atoms with Gasteiger partial charge in [0.1, 0.15) is 5.82 Å². The second kappa shape index (κ2) is 6.48. The van der Waals surface area contributed by atoms with Gasteiger partial charge < -0.3 is 10.2 Å². The monoisotopic (exact) mass is 288 g/mol. The molecule has 104 valence electrons. The van der Waals surface area contributed by atoms with Crippen molar-refractivity contribution >= 4 is 23.0 Å². The lowest BCUT2D eigenvalue weighted by Gasteiger charge is -2.21. The fourth-order valence-electron chi connectivity index (χ4n) is 1.79. The van der Waals surface area contributed by atoms with Gasteiger partial charge in [0.05, 0.1) is 0 Å². The summed E-state index contributed by atoms with van der Waals surface area (Å²) in [7, 11) is 1.93. The van der Waals surface area contributed by atoms with Gasteiger partial charge in [-0.3, -0.25) is 0 Å². The highest BCUT2D eigenvalue weighted by atomic mass is 32.1. The first-order valence-electron chi connectivity index (χ1n) is 6.38.